The van der Waals surface area contributed by atoms with Gasteiger partial charge in [0.2, 0.25) is 5.91 Å². The maximum absolute atomic E-state index is 13.9. The van der Waals surface area contributed by atoms with Crippen LogP contribution in [0.3, 0.4) is 0 Å². The first-order valence-electron chi connectivity index (χ1n) is 11.3. The number of carbonyl (C=O) groups is 3. The summed E-state index contributed by atoms with van der Waals surface area (Å²) in [6, 6.07) is 3.49. The summed E-state index contributed by atoms with van der Waals surface area (Å²) >= 11 is 0. The topological polar surface area (TPSA) is 79.0 Å². The standard InChI is InChI=1S/C24H34FN3O4/c1-7-18-15(9-8-12-27(18)32-21(30)23(2,3)4)14-26-22(31)28-19-13-16(25)10-11-17(19)24(5,6)20(28)29/h10-11,13,15,18H,7-9,12,14H2,1-6H3,(H,26,31). The first-order chi connectivity index (χ1) is 14.9. The van der Waals surface area contributed by atoms with Crippen molar-refractivity contribution in [2.24, 2.45) is 11.3 Å². The molecule has 2 atom stereocenters. The van der Waals surface area contributed by atoms with Crippen molar-refractivity contribution in [2.75, 3.05) is 18.0 Å². The molecule has 2 unspecified atom stereocenters. The Morgan fingerprint density at radius 1 is 1.28 bits per heavy atom. The minimum absolute atomic E-state index is 0.0363. The third-order valence-electron chi connectivity index (χ3n) is 6.43. The number of imide groups is 1. The molecule has 2 aliphatic rings. The number of hydrogen-bond donors (Lipinski definition) is 1. The zero-order chi connectivity index (χ0) is 23.8. The minimum atomic E-state index is -0.908. The van der Waals surface area contributed by atoms with Gasteiger partial charge in [-0.15, -0.1) is 5.06 Å². The van der Waals surface area contributed by atoms with E-state index in [4.69, 9.17) is 4.84 Å². The number of hydroxylamine groups is 2. The van der Waals surface area contributed by atoms with Crippen LogP contribution in [0.5, 0.6) is 0 Å². The van der Waals surface area contributed by atoms with Gasteiger partial charge in [-0.2, -0.15) is 0 Å². The molecule has 0 aromatic heterocycles. The normalized spacial score (nSPS) is 23.1. The molecule has 1 fully saturated rings. The number of urea groups is 1. The fourth-order valence-corrected chi connectivity index (χ4v) is 4.46. The van der Waals surface area contributed by atoms with Crippen molar-refractivity contribution in [1.82, 2.24) is 10.4 Å². The number of piperidine rings is 1. The Bertz CT molecular complexity index is 909. The summed E-state index contributed by atoms with van der Waals surface area (Å²) in [4.78, 5) is 45.1. The molecule has 32 heavy (non-hydrogen) atoms. The summed E-state index contributed by atoms with van der Waals surface area (Å²) in [7, 11) is 0. The van der Waals surface area contributed by atoms with Gasteiger partial charge in [-0.05, 0) is 77.5 Å². The zero-order valence-corrected chi connectivity index (χ0v) is 19.8. The Balaban J connectivity index is 1.71. The lowest BCUT2D eigenvalue weighted by Crippen LogP contribution is -2.52. The van der Waals surface area contributed by atoms with Crippen LogP contribution in [-0.2, 0) is 19.8 Å². The summed E-state index contributed by atoms with van der Waals surface area (Å²) in [5, 5.41) is 4.61. The number of nitrogens with zero attached hydrogens (tertiary/aromatic N) is 2. The van der Waals surface area contributed by atoms with E-state index in [2.05, 4.69) is 5.32 Å². The molecule has 0 spiro atoms. The largest absolute Gasteiger partial charge is 0.367 e. The van der Waals surface area contributed by atoms with Crippen LogP contribution in [0.25, 0.3) is 0 Å². The first kappa shape index (κ1) is 24.2. The van der Waals surface area contributed by atoms with Crippen LogP contribution in [0.15, 0.2) is 18.2 Å². The maximum atomic E-state index is 13.9. The first-order valence-corrected chi connectivity index (χ1v) is 11.3. The molecule has 0 aliphatic carbocycles. The number of fused-ring (bicyclic) bond motifs is 1. The third kappa shape index (κ3) is 4.51. The second-order valence-electron chi connectivity index (χ2n) is 10.3. The van der Waals surface area contributed by atoms with Crippen LogP contribution in [0.4, 0.5) is 14.9 Å². The zero-order valence-electron chi connectivity index (χ0n) is 19.8. The van der Waals surface area contributed by atoms with E-state index >= 15 is 0 Å². The predicted octanol–water partition coefficient (Wildman–Crippen LogP) is 4.15. The van der Waals surface area contributed by atoms with Gasteiger partial charge in [0.1, 0.15) is 5.82 Å². The number of carbonyl (C=O) groups excluding carboxylic acids is 3. The van der Waals surface area contributed by atoms with E-state index in [-0.39, 0.29) is 29.5 Å². The Hall–Kier alpha value is -2.48. The summed E-state index contributed by atoms with van der Waals surface area (Å²) in [6.07, 6.45) is 2.45. The molecule has 3 rings (SSSR count). The lowest BCUT2D eigenvalue weighted by molar-refractivity contribution is -0.223. The van der Waals surface area contributed by atoms with Gasteiger partial charge in [0.05, 0.1) is 22.6 Å². The van der Waals surface area contributed by atoms with Crippen molar-refractivity contribution < 1.29 is 23.6 Å². The minimum Gasteiger partial charge on any atom is -0.367 e. The SMILES string of the molecule is CCC1C(CNC(=O)N2C(=O)C(C)(C)c3ccc(F)cc32)CCCN1OC(=O)C(C)(C)C. The van der Waals surface area contributed by atoms with Crippen LogP contribution >= 0.6 is 0 Å². The highest BCUT2D eigenvalue weighted by Gasteiger charge is 2.47. The van der Waals surface area contributed by atoms with Gasteiger partial charge in [-0.3, -0.25) is 4.79 Å². The quantitative estimate of drug-likeness (QED) is 0.750. The molecule has 0 radical (unpaired) electrons. The fraction of sp³-hybridized carbons (Fsp3) is 0.625. The summed E-state index contributed by atoms with van der Waals surface area (Å²) in [5.41, 5.74) is -0.600. The Labute approximate surface area is 189 Å². The summed E-state index contributed by atoms with van der Waals surface area (Å²) < 4.78 is 13.9. The highest BCUT2D eigenvalue weighted by molar-refractivity contribution is 6.22. The van der Waals surface area contributed by atoms with Gasteiger partial charge in [-0.25, -0.2) is 18.9 Å². The number of halogens is 1. The molecule has 176 valence electrons. The summed E-state index contributed by atoms with van der Waals surface area (Å²) in [6.45, 7) is 11.9. The van der Waals surface area contributed by atoms with Gasteiger partial charge in [0.25, 0.3) is 0 Å². The van der Waals surface area contributed by atoms with Gasteiger partial charge >= 0.3 is 12.0 Å². The Morgan fingerprint density at radius 3 is 2.59 bits per heavy atom. The van der Waals surface area contributed by atoms with E-state index in [0.717, 1.165) is 24.2 Å². The smallest absolute Gasteiger partial charge is 0.330 e. The number of hydrogen-bond acceptors (Lipinski definition) is 5. The van der Waals surface area contributed by atoms with E-state index < -0.39 is 22.7 Å². The van der Waals surface area contributed by atoms with Crippen molar-refractivity contribution in [3.8, 4) is 0 Å². The maximum Gasteiger partial charge on any atom is 0.330 e. The van der Waals surface area contributed by atoms with Crippen LogP contribution in [-0.4, -0.2) is 42.1 Å². The Kier molecular flexibility index (Phi) is 6.65. The molecule has 1 N–H and O–H groups in total. The summed E-state index contributed by atoms with van der Waals surface area (Å²) in [5.74, 6) is -1.11. The second kappa shape index (κ2) is 8.81. The lowest BCUT2D eigenvalue weighted by atomic mass is 9.86. The third-order valence-corrected chi connectivity index (χ3v) is 6.43. The van der Waals surface area contributed by atoms with E-state index in [9.17, 15) is 18.8 Å². The van der Waals surface area contributed by atoms with Crippen molar-refractivity contribution >= 4 is 23.6 Å². The molecule has 2 aliphatic heterocycles. The van der Waals surface area contributed by atoms with Gasteiger partial charge in [-0.1, -0.05) is 13.0 Å². The van der Waals surface area contributed by atoms with Gasteiger partial charge < -0.3 is 10.2 Å². The molecule has 1 saturated heterocycles. The molecule has 1 aromatic carbocycles. The molecule has 3 amide bonds. The van der Waals surface area contributed by atoms with Crippen LogP contribution in [0.2, 0.25) is 0 Å². The number of benzene rings is 1. The van der Waals surface area contributed by atoms with Crippen molar-refractivity contribution in [2.45, 2.75) is 72.3 Å². The van der Waals surface area contributed by atoms with Crippen molar-refractivity contribution in [3.63, 3.8) is 0 Å². The fourth-order valence-electron chi connectivity index (χ4n) is 4.46. The van der Waals surface area contributed by atoms with Crippen LogP contribution in [0, 0.1) is 17.2 Å². The molecule has 1 aromatic rings. The highest BCUT2D eigenvalue weighted by Crippen LogP contribution is 2.41. The van der Waals surface area contributed by atoms with E-state index in [1.54, 1.807) is 25.0 Å². The average molecular weight is 448 g/mol. The Morgan fingerprint density at radius 2 is 1.97 bits per heavy atom. The lowest BCUT2D eigenvalue weighted by Gasteiger charge is -2.40. The van der Waals surface area contributed by atoms with E-state index in [1.165, 1.54) is 12.1 Å². The van der Waals surface area contributed by atoms with Gasteiger partial charge in [0, 0.05) is 13.1 Å². The van der Waals surface area contributed by atoms with Crippen LogP contribution in [0.1, 0.15) is 66.4 Å². The van der Waals surface area contributed by atoms with E-state index in [1.807, 2.05) is 27.7 Å². The molecule has 2 heterocycles. The van der Waals surface area contributed by atoms with E-state index in [0.29, 0.717) is 18.7 Å². The number of amides is 3. The average Bonchev–Trinajstić information content (AvgIpc) is 2.90. The van der Waals surface area contributed by atoms with Crippen molar-refractivity contribution in [3.05, 3.63) is 29.6 Å². The molecule has 0 saturated carbocycles. The number of anilines is 1. The van der Waals surface area contributed by atoms with Crippen molar-refractivity contribution in [1.29, 1.82) is 0 Å². The highest BCUT2D eigenvalue weighted by atomic mass is 19.1. The van der Waals surface area contributed by atoms with Crippen LogP contribution < -0.4 is 10.2 Å². The van der Waals surface area contributed by atoms with Gasteiger partial charge in [0.15, 0.2) is 0 Å². The molecule has 8 heteroatoms. The second-order valence-corrected chi connectivity index (χ2v) is 10.3. The molecular formula is C24H34FN3O4. The number of nitrogens with one attached hydrogen (secondary N) is 1. The molecular weight excluding hydrogens is 413 g/mol. The molecule has 0 bridgehead atoms. The number of rotatable bonds is 4. The monoisotopic (exact) mass is 447 g/mol. The predicted molar refractivity (Wildman–Crippen MR) is 119 cm³/mol. The molecule has 7 nitrogen and oxygen atoms in total.